The third-order valence-electron chi connectivity index (χ3n) is 3.14. The lowest BCUT2D eigenvalue weighted by atomic mass is 9.84. The molecule has 0 bridgehead atoms. The van der Waals surface area contributed by atoms with E-state index in [0.29, 0.717) is 6.61 Å². The number of benzene rings is 1. The van der Waals surface area contributed by atoms with E-state index in [1.54, 1.807) is 0 Å². The van der Waals surface area contributed by atoms with E-state index in [0.717, 1.165) is 37.0 Å². The Morgan fingerprint density at radius 2 is 2.18 bits per heavy atom. The van der Waals surface area contributed by atoms with Crippen LogP contribution in [0.1, 0.15) is 38.2 Å². The maximum absolute atomic E-state index is 10.7. The van der Waals surface area contributed by atoms with Crippen LogP contribution in [0.2, 0.25) is 0 Å². The van der Waals surface area contributed by atoms with E-state index in [1.165, 1.54) is 0 Å². The number of rotatable bonds is 4. The van der Waals surface area contributed by atoms with Gasteiger partial charge in [-0.3, -0.25) is 0 Å². The van der Waals surface area contributed by atoms with E-state index in [2.05, 4.69) is 13.0 Å². The van der Waals surface area contributed by atoms with Gasteiger partial charge in [0, 0.05) is 5.56 Å². The monoisotopic (exact) mass is 232 g/mol. The van der Waals surface area contributed by atoms with Gasteiger partial charge in [0.1, 0.15) is 11.4 Å². The topological polar surface area (TPSA) is 29.5 Å². The summed E-state index contributed by atoms with van der Waals surface area (Å²) in [6.45, 7) is 2.77. The van der Waals surface area contributed by atoms with Gasteiger partial charge in [0.15, 0.2) is 0 Å². The van der Waals surface area contributed by atoms with Crippen molar-refractivity contribution < 1.29 is 9.84 Å². The standard InChI is InChI=1S/C15H20O2/c1-2-12-17-14-9-5-4-8-13(14)15(16)10-6-3-7-11-15/h4-6,8-10,16H,2-3,7,11-12H2,1H3. The molecule has 1 atom stereocenters. The summed E-state index contributed by atoms with van der Waals surface area (Å²) in [6.07, 6.45) is 7.79. The SMILES string of the molecule is CCCOc1ccccc1C1(O)C=CCCC1. The summed E-state index contributed by atoms with van der Waals surface area (Å²) >= 11 is 0. The summed E-state index contributed by atoms with van der Waals surface area (Å²) in [7, 11) is 0. The van der Waals surface area contributed by atoms with Crippen LogP contribution in [0.4, 0.5) is 0 Å². The normalized spacial score (nSPS) is 23.6. The fourth-order valence-electron chi connectivity index (χ4n) is 2.24. The molecule has 1 aliphatic carbocycles. The predicted octanol–water partition coefficient (Wildman–Crippen LogP) is 3.40. The van der Waals surface area contributed by atoms with Crippen molar-refractivity contribution in [3.05, 3.63) is 42.0 Å². The Bertz CT molecular complexity index is 398. The summed E-state index contributed by atoms with van der Waals surface area (Å²) in [5.74, 6) is 0.809. The van der Waals surface area contributed by atoms with Gasteiger partial charge in [0.25, 0.3) is 0 Å². The summed E-state index contributed by atoms with van der Waals surface area (Å²) in [4.78, 5) is 0. The molecule has 1 aliphatic rings. The molecule has 17 heavy (non-hydrogen) atoms. The molecular formula is C15H20O2. The number of aliphatic hydroxyl groups is 1. The van der Waals surface area contributed by atoms with Gasteiger partial charge in [-0.05, 0) is 31.7 Å². The van der Waals surface area contributed by atoms with Crippen molar-refractivity contribution in [2.75, 3.05) is 6.61 Å². The molecule has 0 heterocycles. The summed E-state index contributed by atoms with van der Waals surface area (Å²) in [6, 6.07) is 7.80. The van der Waals surface area contributed by atoms with E-state index in [-0.39, 0.29) is 0 Å². The van der Waals surface area contributed by atoms with Crippen LogP contribution in [0.25, 0.3) is 0 Å². The Hall–Kier alpha value is -1.28. The molecule has 0 aromatic heterocycles. The molecule has 1 unspecified atom stereocenters. The highest BCUT2D eigenvalue weighted by molar-refractivity contribution is 5.41. The lowest BCUT2D eigenvalue weighted by Crippen LogP contribution is -2.25. The van der Waals surface area contributed by atoms with Crippen LogP contribution in [0, 0.1) is 0 Å². The summed E-state index contributed by atoms with van der Waals surface area (Å²) in [5, 5.41) is 10.7. The molecule has 2 nitrogen and oxygen atoms in total. The molecule has 0 aliphatic heterocycles. The minimum Gasteiger partial charge on any atom is -0.493 e. The van der Waals surface area contributed by atoms with E-state index in [4.69, 9.17) is 4.74 Å². The zero-order valence-electron chi connectivity index (χ0n) is 10.4. The average molecular weight is 232 g/mol. The van der Waals surface area contributed by atoms with Gasteiger partial charge in [0.05, 0.1) is 6.61 Å². The van der Waals surface area contributed by atoms with Gasteiger partial charge in [-0.2, -0.15) is 0 Å². The minimum atomic E-state index is -0.845. The van der Waals surface area contributed by atoms with Crippen LogP contribution >= 0.6 is 0 Å². The largest absolute Gasteiger partial charge is 0.493 e. The quantitative estimate of drug-likeness (QED) is 0.806. The molecule has 1 N–H and O–H groups in total. The minimum absolute atomic E-state index is 0.691. The van der Waals surface area contributed by atoms with Gasteiger partial charge in [-0.1, -0.05) is 37.3 Å². The molecule has 0 radical (unpaired) electrons. The highest BCUT2D eigenvalue weighted by Crippen LogP contribution is 2.37. The van der Waals surface area contributed by atoms with Crippen molar-refractivity contribution >= 4 is 0 Å². The molecule has 1 aromatic carbocycles. The van der Waals surface area contributed by atoms with Crippen molar-refractivity contribution in [3.63, 3.8) is 0 Å². The first-order valence-corrected chi connectivity index (χ1v) is 6.38. The first kappa shape index (κ1) is 12.2. The fourth-order valence-corrected chi connectivity index (χ4v) is 2.24. The van der Waals surface area contributed by atoms with Gasteiger partial charge >= 0.3 is 0 Å². The van der Waals surface area contributed by atoms with Gasteiger partial charge < -0.3 is 9.84 Å². The van der Waals surface area contributed by atoms with Crippen LogP contribution in [0.15, 0.2) is 36.4 Å². The molecule has 0 saturated carbocycles. The van der Waals surface area contributed by atoms with Gasteiger partial charge in [-0.15, -0.1) is 0 Å². The first-order valence-electron chi connectivity index (χ1n) is 6.38. The van der Waals surface area contributed by atoms with E-state index in [1.807, 2.05) is 30.3 Å². The van der Waals surface area contributed by atoms with E-state index in [9.17, 15) is 5.11 Å². The van der Waals surface area contributed by atoms with Crippen LogP contribution in [0.3, 0.4) is 0 Å². The maximum atomic E-state index is 10.7. The highest BCUT2D eigenvalue weighted by atomic mass is 16.5. The number of hydrogen-bond donors (Lipinski definition) is 1. The third-order valence-corrected chi connectivity index (χ3v) is 3.14. The van der Waals surface area contributed by atoms with Gasteiger partial charge in [0.2, 0.25) is 0 Å². The molecule has 92 valence electrons. The van der Waals surface area contributed by atoms with E-state index < -0.39 is 5.60 Å². The van der Waals surface area contributed by atoms with Crippen molar-refractivity contribution in [2.45, 2.75) is 38.2 Å². The zero-order chi connectivity index (χ0) is 12.1. The number of para-hydroxylation sites is 1. The second-order valence-electron chi connectivity index (χ2n) is 4.56. The van der Waals surface area contributed by atoms with Crippen LogP contribution < -0.4 is 4.74 Å². The molecule has 0 saturated heterocycles. The molecule has 0 fully saturated rings. The second-order valence-corrected chi connectivity index (χ2v) is 4.56. The molecule has 0 amide bonds. The molecule has 2 heteroatoms. The third kappa shape index (κ3) is 2.70. The lowest BCUT2D eigenvalue weighted by molar-refractivity contribution is 0.0690. The molecule has 1 aromatic rings. The smallest absolute Gasteiger partial charge is 0.125 e. The predicted molar refractivity (Wildman–Crippen MR) is 69.1 cm³/mol. The molecular weight excluding hydrogens is 212 g/mol. The average Bonchev–Trinajstić information content (AvgIpc) is 2.37. The molecule has 2 rings (SSSR count). The number of hydrogen-bond acceptors (Lipinski definition) is 2. The Morgan fingerprint density at radius 3 is 2.88 bits per heavy atom. The van der Waals surface area contributed by atoms with Crippen molar-refractivity contribution in [3.8, 4) is 5.75 Å². The van der Waals surface area contributed by atoms with Crippen molar-refractivity contribution in [1.29, 1.82) is 0 Å². The maximum Gasteiger partial charge on any atom is 0.125 e. The van der Waals surface area contributed by atoms with Crippen molar-refractivity contribution in [1.82, 2.24) is 0 Å². The van der Waals surface area contributed by atoms with Crippen LogP contribution in [-0.2, 0) is 5.60 Å². The summed E-state index contributed by atoms with van der Waals surface area (Å²) in [5.41, 5.74) is 0.0483. The zero-order valence-corrected chi connectivity index (χ0v) is 10.4. The van der Waals surface area contributed by atoms with Gasteiger partial charge in [-0.25, -0.2) is 0 Å². The Balaban J connectivity index is 2.30. The Labute approximate surface area is 103 Å². The van der Waals surface area contributed by atoms with Crippen molar-refractivity contribution in [2.24, 2.45) is 0 Å². The van der Waals surface area contributed by atoms with Crippen LogP contribution in [-0.4, -0.2) is 11.7 Å². The Morgan fingerprint density at radius 1 is 1.35 bits per heavy atom. The highest BCUT2D eigenvalue weighted by Gasteiger charge is 2.30. The number of allylic oxidation sites excluding steroid dienone is 1. The van der Waals surface area contributed by atoms with Crippen LogP contribution in [0.5, 0.6) is 5.75 Å². The molecule has 0 spiro atoms. The Kier molecular flexibility index (Phi) is 3.85. The lowest BCUT2D eigenvalue weighted by Gasteiger charge is -2.29. The summed E-state index contributed by atoms with van der Waals surface area (Å²) < 4.78 is 5.71. The first-order chi connectivity index (χ1) is 8.26. The van der Waals surface area contributed by atoms with E-state index >= 15 is 0 Å². The fraction of sp³-hybridized carbons (Fsp3) is 0.467. The second kappa shape index (κ2) is 5.37. The number of ether oxygens (including phenoxy) is 1.